The van der Waals surface area contributed by atoms with E-state index in [0.29, 0.717) is 0 Å². The molecule has 37 heavy (non-hydrogen) atoms. The van der Waals surface area contributed by atoms with Gasteiger partial charge in [0.05, 0.1) is 5.52 Å². The Morgan fingerprint density at radius 3 is 2.24 bits per heavy atom. The van der Waals surface area contributed by atoms with Crippen molar-refractivity contribution in [1.82, 2.24) is 9.97 Å². The second-order valence-electron chi connectivity index (χ2n) is 8.53. The van der Waals surface area contributed by atoms with Crippen LogP contribution in [0.25, 0.3) is 60.7 Å². The second kappa shape index (κ2) is 10.8. The van der Waals surface area contributed by atoms with Crippen LogP contribution < -0.4 is 0 Å². The molecule has 1 radical (unpaired) electrons. The molecule has 7 aromatic rings. The molecule has 2 nitrogen and oxygen atoms in total. The van der Waals surface area contributed by atoms with E-state index in [4.69, 9.17) is 0 Å². The summed E-state index contributed by atoms with van der Waals surface area (Å²) < 4.78 is 0. The van der Waals surface area contributed by atoms with Gasteiger partial charge in [-0.05, 0) is 51.1 Å². The Labute approximate surface area is 229 Å². The zero-order valence-electron chi connectivity index (χ0n) is 20.0. The third kappa shape index (κ3) is 4.80. The minimum absolute atomic E-state index is 0. The second-order valence-corrected chi connectivity index (χ2v) is 8.53. The maximum absolute atomic E-state index is 4.66. The topological polar surface area (TPSA) is 25.8 Å². The predicted molar refractivity (Wildman–Crippen MR) is 152 cm³/mol. The van der Waals surface area contributed by atoms with Gasteiger partial charge < -0.3 is 4.98 Å². The van der Waals surface area contributed by atoms with Gasteiger partial charge in [-0.3, -0.25) is 4.98 Å². The first-order valence-electron chi connectivity index (χ1n) is 11.9. The van der Waals surface area contributed by atoms with E-state index in [1.54, 1.807) is 0 Å². The van der Waals surface area contributed by atoms with Gasteiger partial charge in [-0.2, -0.15) is 0 Å². The normalized spacial score (nSPS) is 10.6. The maximum atomic E-state index is 4.66. The zero-order valence-corrected chi connectivity index (χ0v) is 22.4. The standard InChI is InChI=1S/C17H10N.C17H12N.Ir/c1-2-7-14-12(6-1)13-8-3-4-9-15(13)17-16(14)10-5-11-18-17;1-2-13-8-10-17-15(12-13)9-11-16(18-17)14-6-4-3-5-7-14;/h1-8,10-11H;2-6,8-12H,1H2;/q2*-1;. The van der Waals surface area contributed by atoms with Crippen molar-refractivity contribution in [1.29, 1.82) is 0 Å². The monoisotopic (exact) mass is 651 g/mol. The number of fused-ring (bicyclic) bond motifs is 7. The first kappa shape index (κ1) is 24.5. The molecule has 0 N–H and O–H groups in total. The van der Waals surface area contributed by atoms with Gasteiger partial charge in [0.1, 0.15) is 0 Å². The molecular formula is C34H22IrN2-2. The molecular weight excluding hydrogens is 629 g/mol. The van der Waals surface area contributed by atoms with Crippen LogP contribution in [0.4, 0.5) is 0 Å². The van der Waals surface area contributed by atoms with E-state index in [9.17, 15) is 0 Å². The molecule has 3 heteroatoms. The molecule has 0 atom stereocenters. The fourth-order valence-electron chi connectivity index (χ4n) is 4.61. The van der Waals surface area contributed by atoms with Crippen LogP contribution in [0.2, 0.25) is 0 Å². The zero-order chi connectivity index (χ0) is 24.3. The fourth-order valence-corrected chi connectivity index (χ4v) is 4.61. The van der Waals surface area contributed by atoms with Crippen molar-refractivity contribution in [3.8, 4) is 11.3 Å². The minimum atomic E-state index is 0. The number of hydrogen-bond donors (Lipinski definition) is 0. The summed E-state index contributed by atoms with van der Waals surface area (Å²) in [5.41, 5.74) is 5.12. The van der Waals surface area contributed by atoms with Crippen molar-refractivity contribution in [3.63, 3.8) is 0 Å². The number of nitrogens with zero attached hydrogens (tertiary/aromatic N) is 2. The Kier molecular flexibility index (Phi) is 7.18. The number of rotatable bonds is 2. The summed E-state index contributed by atoms with van der Waals surface area (Å²) in [6, 6.07) is 43.4. The first-order valence-corrected chi connectivity index (χ1v) is 11.9. The molecule has 7 rings (SSSR count). The van der Waals surface area contributed by atoms with Crippen molar-refractivity contribution in [2.75, 3.05) is 0 Å². The molecule has 0 saturated carbocycles. The Morgan fingerprint density at radius 1 is 0.676 bits per heavy atom. The number of benzene rings is 5. The quantitative estimate of drug-likeness (QED) is 0.138. The van der Waals surface area contributed by atoms with Crippen LogP contribution in [0.1, 0.15) is 5.56 Å². The average Bonchev–Trinajstić information content (AvgIpc) is 2.97. The Hall–Kier alpha value is -4.17. The molecule has 2 heterocycles. The molecule has 0 aliphatic heterocycles. The molecule has 0 aliphatic rings. The Balaban J connectivity index is 0.000000147. The van der Waals surface area contributed by atoms with Gasteiger partial charge in [0.25, 0.3) is 0 Å². The Bertz CT molecular complexity index is 1640. The number of pyridine rings is 2. The molecule has 0 spiro atoms. The van der Waals surface area contributed by atoms with Crippen molar-refractivity contribution in [2.24, 2.45) is 0 Å². The summed E-state index contributed by atoms with van der Waals surface area (Å²) in [7, 11) is 0. The van der Waals surface area contributed by atoms with Crippen LogP contribution in [-0.2, 0) is 20.1 Å². The van der Waals surface area contributed by atoms with Gasteiger partial charge in [0, 0.05) is 26.3 Å². The number of hydrogen-bond acceptors (Lipinski definition) is 2. The molecule has 0 saturated heterocycles. The summed E-state index contributed by atoms with van der Waals surface area (Å²) in [5, 5.41) is 7.18. The van der Waals surface area contributed by atoms with Crippen LogP contribution in [-0.4, -0.2) is 9.97 Å². The molecule has 179 valence electrons. The minimum Gasteiger partial charge on any atom is -0.304 e. The van der Waals surface area contributed by atoms with E-state index in [1.807, 2.05) is 72.9 Å². The molecule has 0 amide bonds. The molecule has 0 fully saturated rings. The summed E-state index contributed by atoms with van der Waals surface area (Å²) in [6.45, 7) is 3.78. The SMILES string of the molecule is C=Cc1ccc2nc(-c3[c-]cccc3)ccc2c1.[Ir].[c-]1cccc2c1c1ncccc1c1ccccc21. The van der Waals surface area contributed by atoms with Crippen LogP contribution >= 0.6 is 0 Å². The van der Waals surface area contributed by atoms with Crippen LogP contribution in [0, 0.1) is 12.1 Å². The van der Waals surface area contributed by atoms with Gasteiger partial charge in [-0.15, -0.1) is 65.5 Å². The van der Waals surface area contributed by atoms with E-state index < -0.39 is 0 Å². The van der Waals surface area contributed by atoms with E-state index >= 15 is 0 Å². The van der Waals surface area contributed by atoms with Crippen molar-refractivity contribution in [3.05, 3.63) is 140 Å². The average molecular weight is 651 g/mol. The van der Waals surface area contributed by atoms with Crippen molar-refractivity contribution < 1.29 is 20.1 Å². The first-order chi connectivity index (χ1) is 17.8. The third-order valence-corrected chi connectivity index (χ3v) is 6.34. The molecule has 0 bridgehead atoms. The van der Waals surface area contributed by atoms with E-state index in [2.05, 4.69) is 77.2 Å². The van der Waals surface area contributed by atoms with Crippen LogP contribution in [0.3, 0.4) is 0 Å². The van der Waals surface area contributed by atoms with E-state index in [-0.39, 0.29) is 20.1 Å². The van der Waals surface area contributed by atoms with Gasteiger partial charge in [0.15, 0.2) is 0 Å². The van der Waals surface area contributed by atoms with Gasteiger partial charge in [-0.1, -0.05) is 72.0 Å². The van der Waals surface area contributed by atoms with Gasteiger partial charge in [0.2, 0.25) is 0 Å². The predicted octanol–water partition coefficient (Wildman–Crippen LogP) is 8.68. The maximum Gasteiger partial charge on any atom is 0.0595 e. The number of aromatic nitrogens is 2. The van der Waals surface area contributed by atoms with Crippen molar-refractivity contribution in [2.45, 2.75) is 0 Å². The summed E-state index contributed by atoms with van der Waals surface area (Å²) >= 11 is 0. The Morgan fingerprint density at radius 2 is 1.43 bits per heavy atom. The third-order valence-electron chi connectivity index (χ3n) is 6.34. The van der Waals surface area contributed by atoms with Gasteiger partial charge >= 0.3 is 0 Å². The molecule has 0 unspecified atom stereocenters. The van der Waals surface area contributed by atoms with Crippen LogP contribution in [0.15, 0.2) is 122 Å². The molecule has 5 aromatic carbocycles. The molecule has 0 aliphatic carbocycles. The molecule has 2 aromatic heterocycles. The fraction of sp³-hybridized carbons (Fsp3) is 0. The van der Waals surface area contributed by atoms with Crippen LogP contribution in [0.5, 0.6) is 0 Å². The van der Waals surface area contributed by atoms with E-state index in [0.717, 1.165) is 38.6 Å². The summed E-state index contributed by atoms with van der Waals surface area (Å²) in [4.78, 5) is 9.18. The summed E-state index contributed by atoms with van der Waals surface area (Å²) in [5.74, 6) is 0. The van der Waals surface area contributed by atoms with Gasteiger partial charge in [-0.25, -0.2) is 0 Å². The van der Waals surface area contributed by atoms with Crippen molar-refractivity contribution >= 4 is 49.4 Å². The summed E-state index contributed by atoms with van der Waals surface area (Å²) in [6.07, 6.45) is 3.69. The van der Waals surface area contributed by atoms with E-state index in [1.165, 1.54) is 21.5 Å². The smallest absolute Gasteiger partial charge is 0.0595 e. The largest absolute Gasteiger partial charge is 0.304 e.